The predicted octanol–water partition coefficient (Wildman–Crippen LogP) is 5.29. The Hall–Kier alpha value is -3.17. The maximum atomic E-state index is 13.3. The molecule has 0 unspecified atom stereocenters. The molecule has 2 aromatic carbocycles. The second-order valence-electron chi connectivity index (χ2n) is 5.57. The number of benzene rings is 2. The third-order valence-electron chi connectivity index (χ3n) is 3.59. The van der Waals surface area contributed by atoms with Crippen molar-refractivity contribution in [2.75, 3.05) is 0 Å². The first-order valence-corrected chi connectivity index (χ1v) is 7.65. The zero-order valence-corrected chi connectivity index (χ0v) is 13.7. The van der Waals surface area contributed by atoms with Gasteiger partial charge in [-0.15, -0.1) is 13.2 Å². The van der Waals surface area contributed by atoms with Crippen molar-refractivity contribution in [1.29, 1.82) is 0 Å². The van der Waals surface area contributed by atoms with Crippen LogP contribution in [0.2, 0.25) is 0 Å². The average molecular weight is 404 g/mol. The summed E-state index contributed by atoms with van der Waals surface area (Å²) in [5, 5.41) is -0.765. The van der Waals surface area contributed by atoms with Gasteiger partial charge in [0.05, 0.1) is 0 Å². The Labute approximate surface area is 152 Å². The van der Waals surface area contributed by atoms with E-state index in [0.717, 1.165) is 23.8 Å². The lowest BCUT2D eigenvalue weighted by atomic mass is 10.1. The van der Waals surface area contributed by atoms with Gasteiger partial charge >= 0.3 is 18.2 Å². The fraction of sp³-hybridized carbons (Fsp3) is 0.167. The summed E-state index contributed by atoms with van der Waals surface area (Å²) in [7, 11) is 0. The highest BCUT2D eigenvalue weighted by Crippen LogP contribution is 2.41. The molecule has 0 saturated heterocycles. The number of fused-ring (bicyclic) bond motifs is 1. The first kappa shape index (κ1) is 19.6. The van der Waals surface area contributed by atoms with Crippen LogP contribution in [0.15, 0.2) is 57.7 Å². The van der Waals surface area contributed by atoms with Gasteiger partial charge in [0, 0.05) is 11.5 Å². The van der Waals surface area contributed by atoms with Crippen LogP contribution in [0.25, 0.3) is 11.0 Å². The first-order valence-electron chi connectivity index (χ1n) is 7.65. The summed E-state index contributed by atoms with van der Waals surface area (Å²) in [6.07, 6.45) is -10.8. The summed E-state index contributed by atoms with van der Waals surface area (Å²) < 4.78 is 90.6. The molecule has 0 fully saturated rings. The molecule has 0 aliphatic carbocycles. The van der Waals surface area contributed by atoms with E-state index >= 15 is 0 Å². The summed E-state index contributed by atoms with van der Waals surface area (Å²) in [5.41, 5.74) is -3.59. The van der Waals surface area contributed by atoms with E-state index in [0.29, 0.717) is 0 Å². The van der Waals surface area contributed by atoms with E-state index < -0.39 is 40.4 Å². The Morgan fingerprint density at radius 3 is 2.21 bits per heavy atom. The van der Waals surface area contributed by atoms with E-state index in [2.05, 4.69) is 9.15 Å². The SMILES string of the molecule is O=c1oc2cc(OCc3ccccc3)ccc2c(C(F)(F)F)c1OC(F)(F)F. The monoisotopic (exact) mass is 404 g/mol. The van der Waals surface area contributed by atoms with Crippen molar-refractivity contribution in [1.82, 2.24) is 0 Å². The van der Waals surface area contributed by atoms with Crippen LogP contribution in [0.4, 0.5) is 26.3 Å². The van der Waals surface area contributed by atoms with Gasteiger partial charge in [-0.2, -0.15) is 13.2 Å². The number of hydrogen-bond donors (Lipinski definition) is 0. The lowest BCUT2D eigenvalue weighted by Crippen LogP contribution is -2.25. The Morgan fingerprint density at radius 1 is 0.929 bits per heavy atom. The van der Waals surface area contributed by atoms with Crippen LogP contribution in [-0.2, 0) is 12.8 Å². The molecule has 3 rings (SSSR count). The van der Waals surface area contributed by atoms with E-state index in [1.807, 2.05) is 0 Å². The van der Waals surface area contributed by atoms with Crippen LogP contribution in [0.5, 0.6) is 11.5 Å². The maximum absolute atomic E-state index is 13.3. The Balaban J connectivity index is 2.05. The van der Waals surface area contributed by atoms with Crippen molar-refractivity contribution in [3.63, 3.8) is 0 Å². The van der Waals surface area contributed by atoms with Crippen LogP contribution in [-0.4, -0.2) is 6.36 Å². The first-order chi connectivity index (χ1) is 13.0. The standard InChI is InChI=1S/C18H10F6O4/c19-17(20,21)14-12-7-6-11(26-9-10-4-2-1-3-5-10)8-13(12)27-16(25)15(14)28-18(22,23)24/h1-8H,9H2. The number of hydrogen-bond acceptors (Lipinski definition) is 4. The van der Waals surface area contributed by atoms with E-state index in [1.54, 1.807) is 30.3 Å². The topological polar surface area (TPSA) is 48.7 Å². The highest BCUT2D eigenvalue weighted by atomic mass is 19.4. The second kappa shape index (κ2) is 7.10. The van der Waals surface area contributed by atoms with Gasteiger partial charge in [-0.1, -0.05) is 30.3 Å². The summed E-state index contributed by atoms with van der Waals surface area (Å²) in [4.78, 5) is 11.7. The van der Waals surface area contributed by atoms with Gasteiger partial charge in [0.15, 0.2) is 0 Å². The maximum Gasteiger partial charge on any atom is 0.573 e. The van der Waals surface area contributed by atoms with Crippen molar-refractivity contribution in [3.05, 3.63) is 70.1 Å². The summed E-state index contributed by atoms with van der Waals surface area (Å²) >= 11 is 0. The smallest absolute Gasteiger partial charge is 0.489 e. The zero-order valence-electron chi connectivity index (χ0n) is 13.7. The normalized spacial score (nSPS) is 12.2. The highest BCUT2D eigenvalue weighted by molar-refractivity contribution is 5.84. The molecule has 1 aromatic heterocycles. The van der Waals surface area contributed by atoms with E-state index in [1.165, 1.54) is 0 Å². The molecule has 3 aromatic rings. The predicted molar refractivity (Wildman–Crippen MR) is 84.9 cm³/mol. The molecular weight excluding hydrogens is 394 g/mol. The molecule has 10 heteroatoms. The Bertz CT molecular complexity index is 1040. The second-order valence-corrected chi connectivity index (χ2v) is 5.57. The number of ether oxygens (including phenoxy) is 2. The van der Waals surface area contributed by atoms with Crippen molar-refractivity contribution in [2.45, 2.75) is 19.1 Å². The van der Waals surface area contributed by atoms with Crippen LogP contribution in [0, 0.1) is 0 Å². The van der Waals surface area contributed by atoms with E-state index in [4.69, 9.17) is 4.74 Å². The Morgan fingerprint density at radius 2 is 1.61 bits per heavy atom. The summed E-state index contributed by atoms with van der Waals surface area (Å²) in [5.74, 6) is -1.90. The third-order valence-corrected chi connectivity index (χ3v) is 3.59. The molecule has 0 atom stereocenters. The lowest BCUT2D eigenvalue weighted by Gasteiger charge is -2.16. The number of rotatable bonds is 4. The zero-order chi connectivity index (χ0) is 20.5. The van der Waals surface area contributed by atoms with Crippen molar-refractivity contribution in [3.8, 4) is 11.5 Å². The van der Waals surface area contributed by atoms with Crippen molar-refractivity contribution < 1.29 is 40.2 Å². The molecule has 0 amide bonds. The van der Waals surface area contributed by atoms with Crippen LogP contribution < -0.4 is 15.1 Å². The van der Waals surface area contributed by atoms with Gasteiger partial charge in [0.25, 0.3) is 0 Å². The highest BCUT2D eigenvalue weighted by Gasteiger charge is 2.43. The molecule has 0 aliphatic heterocycles. The molecular formula is C18H10F6O4. The van der Waals surface area contributed by atoms with E-state index in [9.17, 15) is 31.1 Å². The summed E-state index contributed by atoms with van der Waals surface area (Å²) in [6, 6.07) is 11.8. The van der Waals surface area contributed by atoms with Gasteiger partial charge in [-0.05, 0) is 17.7 Å². The molecule has 0 aliphatic rings. The largest absolute Gasteiger partial charge is 0.573 e. The van der Waals surface area contributed by atoms with Gasteiger partial charge in [-0.3, -0.25) is 0 Å². The van der Waals surface area contributed by atoms with Crippen LogP contribution >= 0.6 is 0 Å². The van der Waals surface area contributed by atoms with Crippen molar-refractivity contribution >= 4 is 11.0 Å². The molecule has 0 N–H and O–H groups in total. The fourth-order valence-electron chi connectivity index (χ4n) is 2.48. The molecule has 4 nitrogen and oxygen atoms in total. The van der Waals surface area contributed by atoms with Gasteiger partial charge in [0.2, 0.25) is 5.75 Å². The fourth-order valence-corrected chi connectivity index (χ4v) is 2.48. The lowest BCUT2D eigenvalue weighted by molar-refractivity contribution is -0.277. The number of halogens is 6. The molecule has 0 spiro atoms. The van der Waals surface area contributed by atoms with Gasteiger partial charge < -0.3 is 13.9 Å². The molecule has 148 valence electrons. The molecule has 0 radical (unpaired) electrons. The average Bonchev–Trinajstić information content (AvgIpc) is 2.59. The van der Waals surface area contributed by atoms with Gasteiger partial charge in [-0.25, -0.2) is 4.79 Å². The molecule has 28 heavy (non-hydrogen) atoms. The third kappa shape index (κ3) is 4.38. The number of alkyl halides is 6. The molecule has 1 heterocycles. The van der Waals surface area contributed by atoms with Crippen molar-refractivity contribution in [2.24, 2.45) is 0 Å². The Kier molecular flexibility index (Phi) is 4.97. The minimum absolute atomic E-state index is 0.0668. The van der Waals surface area contributed by atoms with Crippen LogP contribution in [0.1, 0.15) is 11.1 Å². The molecule has 0 bridgehead atoms. The minimum atomic E-state index is -5.50. The van der Waals surface area contributed by atoms with E-state index in [-0.39, 0.29) is 12.4 Å². The molecule has 0 saturated carbocycles. The summed E-state index contributed by atoms with van der Waals surface area (Å²) in [6.45, 7) is 0.0813. The van der Waals surface area contributed by atoms with Gasteiger partial charge in [0.1, 0.15) is 23.5 Å². The van der Waals surface area contributed by atoms with Crippen LogP contribution in [0.3, 0.4) is 0 Å². The minimum Gasteiger partial charge on any atom is -0.489 e. The quantitative estimate of drug-likeness (QED) is 0.438.